The number of hydrogen-bond acceptors (Lipinski definition) is 5. The highest BCUT2D eigenvalue weighted by molar-refractivity contribution is 7.92. The Hall–Kier alpha value is -2.10. The zero-order valence-electron chi connectivity index (χ0n) is 14.6. The van der Waals surface area contributed by atoms with Crippen molar-refractivity contribution in [2.24, 2.45) is 5.10 Å². The van der Waals surface area contributed by atoms with Gasteiger partial charge in [-0.1, -0.05) is 48.0 Å². The predicted octanol–water partition coefficient (Wildman–Crippen LogP) is 2.82. The van der Waals surface area contributed by atoms with E-state index in [1.807, 2.05) is 0 Å². The molecular formula is C17H18ClN3O4S2. The van der Waals surface area contributed by atoms with Gasteiger partial charge in [-0.25, -0.2) is 16.8 Å². The van der Waals surface area contributed by atoms with Crippen molar-refractivity contribution in [2.45, 2.75) is 12.5 Å². The minimum Gasteiger partial charge on any atom is -0.283 e. The molecule has 0 amide bonds. The second-order valence-corrected chi connectivity index (χ2v) is 10.2. The second-order valence-electron chi connectivity index (χ2n) is 6.24. The first-order valence-corrected chi connectivity index (χ1v) is 12.1. The molecule has 0 unspecified atom stereocenters. The molecule has 1 N–H and O–H groups in total. The predicted molar refractivity (Wildman–Crippen MR) is 107 cm³/mol. The molecule has 144 valence electrons. The first-order chi connectivity index (χ1) is 12.6. The minimum atomic E-state index is -3.66. The number of anilines is 1. The van der Waals surface area contributed by atoms with Crippen LogP contribution in [0.1, 0.15) is 23.6 Å². The van der Waals surface area contributed by atoms with Crippen LogP contribution in [0.5, 0.6) is 0 Å². The summed E-state index contributed by atoms with van der Waals surface area (Å²) in [5, 5.41) is 4.73. The summed E-state index contributed by atoms with van der Waals surface area (Å²) >= 11 is 6.27. The van der Waals surface area contributed by atoms with Crippen LogP contribution < -0.4 is 4.72 Å². The molecule has 1 aliphatic heterocycles. The van der Waals surface area contributed by atoms with Gasteiger partial charge < -0.3 is 0 Å². The lowest BCUT2D eigenvalue weighted by atomic mass is 9.98. The Morgan fingerprint density at radius 1 is 1.04 bits per heavy atom. The van der Waals surface area contributed by atoms with Gasteiger partial charge in [0.25, 0.3) is 0 Å². The maximum absolute atomic E-state index is 12.3. The number of rotatable bonds is 5. The molecule has 1 atom stereocenters. The van der Waals surface area contributed by atoms with E-state index in [2.05, 4.69) is 9.82 Å². The van der Waals surface area contributed by atoms with Crippen molar-refractivity contribution in [2.75, 3.05) is 17.2 Å². The van der Waals surface area contributed by atoms with Crippen molar-refractivity contribution in [1.29, 1.82) is 0 Å². The highest BCUT2D eigenvalue weighted by Crippen LogP contribution is 2.38. The molecular weight excluding hydrogens is 410 g/mol. The number of hydrogen-bond donors (Lipinski definition) is 1. The fraction of sp³-hybridized carbons (Fsp3) is 0.235. The topological polar surface area (TPSA) is 95.9 Å². The van der Waals surface area contributed by atoms with Gasteiger partial charge in [-0.05, 0) is 17.7 Å². The molecule has 1 heterocycles. The van der Waals surface area contributed by atoms with E-state index in [4.69, 9.17) is 11.6 Å². The highest BCUT2D eigenvalue weighted by Gasteiger charge is 2.36. The highest BCUT2D eigenvalue weighted by atomic mass is 35.5. The molecule has 0 bridgehead atoms. The number of hydrazone groups is 1. The van der Waals surface area contributed by atoms with Crippen molar-refractivity contribution >= 4 is 43.0 Å². The summed E-state index contributed by atoms with van der Waals surface area (Å²) in [7, 11) is -7.16. The Labute approximate surface area is 163 Å². The maximum atomic E-state index is 12.3. The average molecular weight is 428 g/mol. The summed E-state index contributed by atoms with van der Waals surface area (Å²) in [6, 6.07) is 13.1. The minimum absolute atomic E-state index is 0.263. The van der Waals surface area contributed by atoms with Gasteiger partial charge in [0, 0.05) is 17.0 Å². The fourth-order valence-corrected chi connectivity index (χ4v) is 4.69. The lowest BCUT2D eigenvalue weighted by Gasteiger charge is -2.22. The molecule has 27 heavy (non-hydrogen) atoms. The molecule has 0 saturated carbocycles. The lowest BCUT2D eigenvalue weighted by molar-refractivity contribution is 0.375. The van der Waals surface area contributed by atoms with E-state index in [0.717, 1.165) is 16.9 Å². The standard InChI is InChI=1S/C17H18ClN3O4S2/c1-26(22,23)20-15-10-6-4-8-13(15)16-11-17(21(19-16)27(2,24)25)12-7-3-5-9-14(12)18/h3-10,17,20H,11H2,1-2H3/t17-/m0/s1. The molecule has 0 aliphatic carbocycles. The van der Waals surface area contributed by atoms with Crippen LogP contribution in [-0.4, -0.2) is 39.5 Å². The quantitative estimate of drug-likeness (QED) is 0.793. The lowest BCUT2D eigenvalue weighted by Crippen LogP contribution is -2.26. The first-order valence-electron chi connectivity index (χ1n) is 7.95. The van der Waals surface area contributed by atoms with Crippen molar-refractivity contribution < 1.29 is 16.8 Å². The molecule has 2 aromatic carbocycles. The normalized spacial score (nSPS) is 17.7. The van der Waals surface area contributed by atoms with E-state index < -0.39 is 26.1 Å². The van der Waals surface area contributed by atoms with E-state index in [1.54, 1.807) is 48.5 Å². The summed E-state index contributed by atoms with van der Waals surface area (Å²) in [4.78, 5) is 0. The third kappa shape index (κ3) is 4.42. The number of para-hydroxylation sites is 1. The van der Waals surface area contributed by atoms with E-state index in [0.29, 0.717) is 27.5 Å². The second kappa shape index (κ2) is 7.14. The zero-order valence-corrected chi connectivity index (χ0v) is 17.0. The van der Waals surface area contributed by atoms with Gasteiger partial charge in [-0.3, -0.25) is 4.72 Å². The number of nitrogens with zero attached hydrogens (tertiary/aromatic N) is 2. The smallest absolute Gasteiger partial charge is 0.247 e. The summed E-state index contributed by atoms with van der Waals surface area (Å²) < 4.78 is 51.3. The number of sulfonamides is 2. The molecule has 0 saturated heterocycles. The van der Waals surface area contributed by atoms with Gasteiger partial charge >= 0.3 is 0 Å². The van der Waals surface area contributed by atoms with E-state index in [9.17, 15) is 16.8 Å². The van der Waals surface area contributed by atoms with Gasteiger partial charge in [0.1, 0.15) is 0 Å². The molecule has 1 aliphatic rings. The Balaban J connectivity index is 2.08. The van der Waals surface area contributed by atoms with Crippen molar-refractivity contribution in [3.63, 3.8) is 0 Å². The van der Waals surface area contributed by atoms with E-state index in [-0.39, 0.29) is 6.42 Å². The summed E-state index contributed by atoms with van der Waals surface area (Å²) in [5.41, 5.74) is 1.95. The van der Waals surface area contributed by atoms with Crippen LogP contribution in [0.3, 0.4) is 0 Å². The number of nitrogens with one attached hydrogen (secondary N) is 1. The Kier molecular flexibility index (Phi) is 5.20. The fourth-order valence-electron chi connectivity index (χ4n) is 2.96. The molecule has 10 heteroatoms. The van der Waals surface area contributed by atoms with Crippen LogP contribution in [0, 0.1) is 0 Å². The van der Waals surface area contributed by atoms with Crippen molar-refractivity contribution in [1.82, 2.24) is 4.41 Å². The van der Waals surface area contributed by atoms with Gasteiger partial charge in [-0.15, -0.1) is 0 Å². The third-order valence-corrected chi connectivity index (χ3v) is 5.96. The molecule has 0 spiro atoms. The monoisotopic (exact) mass is 427 g/mol. The Morgan fingerprint density at radius 3 is 2.30 bits per heavy atom. The summed E-state index contributed by atoms with van der Waals surface area (Å²) in [5.74, 6) is 0. The molecule has 0 aromatic heterocycles. The summed E-state index contributed by atoms with van der Waals surface area (Å²) in [6.07, 6.45) is 2.39. The zero-order chi connectivity index (χ0) is 19.8. The molecule has 0 radical (unpaired) electrons. The Morgan fingerprint density at radius 2 is 1.67 bits per heavy atom. The van der Waals surface area contributed by atoms with Crippen LogP contribution in [-0.2, 0) is 20.0 Å². The molecule has 3 rings (SSSR count). The Bertz CT molecular complexity index is 1110. The van der Waals surface area contributed by atoms with Crippen LogP contribution in [0.4, 0.5) is 5.69 Å². The van der Waals surface area contributed by atoms with Crippen LogP contribution in [0.15, 0.2) is 53.6 Å². The van der Waals surface area contributed by atoms with Crippen molar-refractivity contribution in [3.8, 4) is 0 Å². The molecule has 0 fully saturated rings. The maximum Gasteiger partial charge on any atom is 0.247 e. The van der Waals surface area contributed by atoms with Crippen LogP contribution in [0.2, 0.25) is 5.02 Å². The number of benzene rings is 2. The van der Waals surface area contributed by atoms with E-state index in [1.165, 1.54) is 0 Å². The summed E-state index contributed by atoms with van der Waals surface area (Å²) in [6.45, 7) is 0. The molecule has 2 aromatic rings. The first kappa shape index (κ1) is 19.7. The number of halogens is 1. The SMILES string of the molecule is CS(=O)(=O)Nc1ccccc1C1=NN(S(C)(=O)=O)[C@H](c2ccccc2Cl)C1. The van der Waals surface area contributed by atoms with Crippen molar-refractivity contribution in [3.05, 3.63) is 64.7 Å². The average Bonchev–Trinajstić information content (AvgIpc) is 2.99. The van der Waals surface area contributed by atoms with Gasteiger partial charge in [0.05, 0.1) is 30.0 Å². The van der Waals surface area contributed by atoms with Gasteiger partial charge in [0.2, 0.25) is 20.0 Å². The van der Waals surface area contributed by atoms with Crippen LogP contribution >= 0.6 is 11.6 Å². The third-order valence-electron chi connectivity index (χ3n) is 4.01. The molecule has 7 nitrogen and oxygen atoms in total. The van der Waals surface area contributed by atoms with Gasteiger partial charge in [-0.2, -0.15) is 9.52 Å². The van der Waals surface area contributed by atoms with E-state index >= 15 is 0 Å². The largest absolute Gasteiger partial charge is 0.283 e. The van der Waals surface area contributed by atoms with Gasteiger partial charge in [0.15, 0.2) is 0 Å². The van der Waals surface area contributed by atoms with Crippen LogP contribution in [0.25, 0.3) is 0 Å².